The number of esters is 1. The molecule has 1 aliphatic carbocycles. The molecule has 426 valence electrons. The average Bonchev–Trinajstić information content (AvgIpc) is 3.32. The largest absolute Gasteiger partial charge is 0.465 e. The van der Waals surface area contributed by atoms with Crippen LogP contribution in [-0.2, 0) is 81.6 Å². The van der Waals surface area contributed by atoms with E-state index in [1.165, 1.54) is 20.6 Å². The van der Waals surface area contributed by atoms with Crippen LogP contribution in [0.1, 0.15) is 185 Å². The second-order valence-electron chi connectivity index (χ2n) is 21.2. The summed E-state index contributed by atoms with van der Waals surface area (Å²) < 4.78 is 130. The lowest BCUT2D eigenvalue weighted by atomic mass is 9.82. The van der Waals surface area contributed by atoms with Gasteiger partial charge >= 0.3 is 5.97 Å². The van der Waals surface area contributed by atoms with Gasteiger partial charge in [-0.2, -0.15) is 33.7 Å². The quantitative estimate of drug-likeness (QED) is 0.0486. The second kappa shape index (κ2) is 32.9. The van der Waals surface area contributed by atoms with Crippen molar-refractivity contribution in [2.75, 3.05) is 46.4 Å². The van der Waals surface area contributed by atoms with Crippen LogP contribution < -0.4 is 0 Å². The van der Waals surface area contributed by atoms with Crippen LogP contribution in [0.5, 0.6) is 0 Å². The van der Waals surface area contributed by atoms with E-state index in [0.29, 0.717) is 18.8 Å². The third kappa shape index (κ3) is 28.4. The van der Waals surface area contributed by atoms with E-state index in [-0.39, 0.29) is 71.3 Å². The molecule has 16 nitrogen and oxygen atoms in total. The molecule has 0 aliphatic heterocycles. The fraction of sp³-hybridized carbons (Fsp3) is 0.755. The molecule has 0 N–H and O–H groups in total. The minimum atomic E-state index is -3.71. The Bertz CT molecular complexity index is 2300. The van der Waals surface area contributed by atoms with Crippen LogP contribution in [0.3, 0.4) is 0 Å². The first-order chi connectivity index (χ1) is 33.6. The third-order valence-corrected chi connectivity index (χ3v) is 18.3. The Hall–Kier alpha value is -2.53. The van der Waals surface area contributed by atoms with Crippen LogP contribution in [0.4, 0.5) is 0 Å². The first-order valence-electron chi connectivity index (χ1n) is 25.6. The molecular weight excluding hydrogens is 1020 g/mol. The summed E-state index contributed by atoms with van der Waals surface area (Å²) in [4.78, 5) is 12.1. The molecule has 4 atom stereocenters. The number of carbonyl (C=O) groups is 1. The fourth-order valence-corrected chi connectivity index (χ4v) is 10.8. The van der Waals surface area contributed by atoms with Crippen molar-refractivity contribution in [2.24, 2.45) is 10.8 Å². The van der Waals surface area contributed by atoms with E-state index < -0.39 is 63.3 Å². The number of carbonyl (C=O) groups excluding carboxylic acids is 1. The summed E-state index contributed by atoms with van der Waals surface area (Å²) in [6.07, 6.45) is 7.34. The van der Waals surface area contributed by atoms with Crippen LogP contribution in [0.25, 0.3) is 0 Å². The molecule has 2 aromatic rings. The Morgan fingerprint density at radius 3 is 1.59 bits per heavy atom. The highest BCUT2D eigenvalue weighted by Gasteiger charge is 2.28. The maximum absolute atomic E-state index is 12.3. The normalized spacial score (nSPS) is 15.7. The molecule has 0 radical (unpaired) electrons. The van der Waals surface area contributed by atoms with Crippen molar-refractivity contribution in [2.45, 2.75) is 213 Å². The van der Waals surface area contributed by atoms with Gasteiger partial charge in [-0.3, -0.25) is 21.5 Å². The van der Waals surface area contributed by atoms with Crippen LogP contribution >= 0.6 is 0 Å². The van der Waals surface area contributed by atoms with Gasteiger partial charge in [-0.15, -0.1) is 0 Å². The fourth-order valence-electron chi connectivity index (χ4n) is 6.29. The van der Waals surface area contributed by atoms with Gasteiger partial charge in [-0.1, -0.05) is 113 Å². The van der Waals surface area contributed by atoms with Gasteiger partial charge in [0.25, 0.3) is 40.5 Å². The maximum Gasteiger partial charge on any atom is 0.311 e. The monoisotopic (exact) mass is 1110 g/mol. The zero-order valence-electron chi connectivity index (χ0n) is 47.3. The van der Waals surface area contributed by atoms with Gasteiger partial charge in [0.2, 0.25) is 0 Å². The summed E-state index contributed by atoms with van der Waals surface area (Å²) in [5.74, 6) is -0.0721. The molecule has 0 saturated heterocycles. The van der Waals surface area contributed by atoms with Crippen molar-refractivity contribution in [1.82, 2.24) is 0 Å². The van der Waals surface area contributed by atoms with Gasteiger partial charge in [0.05, 0.1) is 70.9 Å². The Labute approximate surface area is 443 Å². The minimum Gasteiger partial charge on any atom is -0.465 e. The van der Waals surface area contributed by atoms with Gasteiger partial charge in [-0.05, 0) is 132 Å². The van der Waals surface area contributed by atoms with E-state index >= 15 is 0 Å². The summed E-state index contributed by atoms with van der Waals surface area (Å²) in [5.41, 5.74) is 1.70. The zero-order valence-corrected chi connectivity index (χ0v) is 50.5. The summed E-state index contributed by atoms with van der Waals surface area (Å²) in [6, 6.07) is 14.0. The number of hydrogen-bond donors (Lipinski definition) is 0. The predicted molar refractivity (Wildman–Crippen MR) is 290 cm³/mol. The minimum absolute atomic E-state index is 0.0620. The van der Waals surface area contributed by atoms with E-state index in [1.807, 2.05) is 58.9 Å². The summed E-state index contributed by atoms with van der Waals surface area (Å²) in [5, 5.41) is -0.408. The molecule has 0 spiro atoms. The molecule has 20 heteroatoms. The summed E-state index contributed by atoms with van der Waals surface area (Å²) in [7, 11) is -11.3. The van der Waals surface area contributed by atoms with Crippen LogP contribution in [0.15, 0.2) is 58.3 Å². The third-order valence-electron chi connectivity index (χ3n) is 12.3. The number of methoxy groups -OCH3 is 2. The smallest absolute Gasteiger partial charge is 0.311 e. The van der Waals surface area contributed by atoms with Gasteiger partial charge < -0.3 is 14.2 Å². The molecule has 1 aliphatic rings. The molecule has 3 rings (SSSR count). The number of ether oxygens (including phenoxy) is 3. The molecule has 0 bridgehead atoms. The highest BCUT2D eigenvalue weighted by Crippen LogP contribution is 2.30. The first kappa shape index (κ1) is 70.5. The van der Waals surface area contributed by atoms with Crippen LogP contribution in [-0.4, -0.2) is 110 Å². The van der Waals surface area contributed by atoms with E-state index in [9.17, 15) is 38.5 Å². The lowest BCUT2D eigenvalue weighted by Gasteiger charge is -2.24. The maximum atomic E-state index is 12.3. The van der Waals surface area contributed by atoms with Crippen molar-refractivity contribution in [3.63, 3.8) is 0 Å². The molecule has 1 fully saturated rings. The Kier molecular flexibility index (Phi) is 31.8. The molecule has 2 aromatic carbocycles. The first-order valence-corrected chi connectivity index (χ1v) is 31.5. The second-order valence-corrected chi connectivity index (χ2v) is 28.0. The molecule has 4 unspecified atom stereocenters. The Balaban J connectivity index is 0.000000960. The molecule has 73 heavy (non-hydrogen) atoms. The van der Waals surface area contributed by atoms with Crippen molar-refractivity contribution in [1.29, 1.82) is 0 Å². The van der Waals surface area contributed by atoms with Gasteiger partial charge in [0.1, 0.15) is 0 Å². The molecule has 0 aromatic heterocycles. The highest BCUT2D eigenvalue weighted by molar-refractivity contribution is 7.87. The van der Waals surface area contributed by atoms with Gasteiger partial charge in [0, 0.05) is 14.2 Å². The summed E-state index contributed by atoms with van der Waals surface area (Å²) >= 11 is 0. The molecule has 0 heterocycles. The predicted octanol–water partition coefficient (Wildman–Crippen LogP) is 11.3. The Morgan fingerprint density at radius 2 is 1.14 bits per heavy atom. The lowest BCUT2D eigenvalue weighted by molar-refractivity contribution is -0.154. The van der Waals surface area contributed by atoms with E-state index in [2.05, 4.69) is 34.6 Å². The summed E-state index contributed by atoms with van der Waals surface area (Å²) in [6.45, 7) is 29.5. The lowest BCUT2D eigenvalue weighted by Crippen LogP contribution is -2.27. The van der Waals surface area contributed by atoms with Gasteiger partial charge in [0.15, 0.2) is 0 Å². The van der Waals surface area contributed by atoms with Crippen molar-refractivity contribution < 1.29 is 69.4 Å². The Morgan fingerprint density at radius 1 is 0.644 bits per heavy atom. The van der Waals surface area contributed by atoms with Crippen LogP contribution in [0.2, 0.25) is 0 Å². The number of benzene rings is 2. The molecular formula is C53H94O16S4. The topological polar surface area (TPSA) is 218 Å². The zero-order chi connectivity index (χ0) is 56.5. The highest BCUT2D eigenvalue weighted by atomic mass is 32.2. The van der Waals surface area contributed by atoms with E-state index in [1.54, 1.807) is 58.9 Å². The van der Waals surface area contributed by atoms with E-state index in [4.69, 9.17) is 30.9 Å². The number of hydrogen-bond acceptors (Lipinski definition) is 16. The van der Waals surface area contributed by atoms with Crippen molar-refractivity contribution in [3.8, 4) is 0 Å². The average molecular weight is 1120 g/mol. The van der Waals surface area contributed by atoms with Gasteiger partial charge in [-0.25, -0.2) is 0 Å². The standard InChI is InChI=1S/C17H26O3S.C14H22O4S.C13H26O6S.C9H20O3S/c1-4-17(2,3)14-10-12-16(13-11-14)21(18,19)20-15-8-6-5-7-9-15;1-5-11(2)13-6-8-14(9-7-13)19(15,16)18-12(3)10-17-4;1-6-13(3,4)12(14)18-8-7-9-20(15,16)19-11(2)10-17-5;1-6-8(2)13(10,11)12-7-9(3,4)5/h10-13,15H,4-9H2,1-3H3;6-9,11-12H,5,10H2,1-4H3;11H,6-10H2,1-5H3;8H,6-7H2,1-5H3. The van der Waals surface area contributed by atoms with Crippen LogP contribution in [0, 0.1) is 10.8 Å². The SMILES string of the molecule is CCC(C)(C)C(=O)OCCCS(=O)(=O)OC(C)COC.CCC(C)(C)c1ccc(S(=O)(=O)OC2CCCCC2)cc1.CCC(C)S(=O)(=O)OCC(C)(C)C.CCC(C)c1ccc(S(=O)(=O)OC(C)COC)cc1. The number of rotatable bonds is 26. The molecule has 0 amide bonds. The van der Waals surface area contributed by atoms with Crippen molar-refractivity contribution >= 4 is 46.4 Å². The van der Waals surface area contributed by atoms with E-state index in [0.717, 1.165) is 49.7 Å². The van der Waals surface area contributed by atoms with Crippen molar-refractivity contribution in [3.05, 3.63) is 59.7 Å². The molecule has 1 saturated carbocycles.